The molecule has 0 atom stereocenters. The van der Waals surface area contributed by atoms with E-state index in [1.165, 1.54) is 0 Å². The van der Waals surface area contributed by atoms with Gasteiger partial charge >= 0.3 is 6.18 Å². The fraction of sp³-hybridized carbons (Fsp3) is 0.176. The Morgan fingerprint density at radius 3 is 2.48 bits per heavy atom. The van der Waals surface area contributed by atoms with Gasteiger partial charge in [-0.05, 0) is 31.2 Å². The summed E-state index contributed by atoms with van der Waals surface area (Å²) in [5.74, 6) is 1.16. The normalized spacial score (nSPS) is 12.2. The first kappa shape index (κ1) is 15.5. The predicted molar refractivity (Wildman–Crippen MR) is 83.7 cm³/mol. The third-order valence-electron chi connectivity index (χ3n) is 3.74. The minimum Gasteiger partial charge on any atom is -0.456 e. The molecule has 4 rings (SSSR count). The van der Waals surface area contributed by atoms with E-state index in [4.69, 9.17) is 8.83 Å². The van der Waals surface area contributed by atoms with Crippen LogP contribution in [0.3, 0.4) is 0 Å². The van der Waals surface area contributed by atoms with E-state index in [2.05, 4.69) is 10.2 Å². The number of aromatic nitrogens is 3. The molecule has 0 amide bonds. The zero-order valence-corrected chi connectivity index (χ0v) is 13.0. The third kappa shape index (κ3) is 2.90. The second-order valence-corrected chi connectivity index (χ2v) is 5.61. The number of rotatable bonds is 3. The van der Waals surface area contributed by atoms with Gasteiger partial charge in [0, 0.05) is 10.9 Å². The van der Waals surface area contributed by atoms with Gasteiger partial charge in [0.05, 0.1) is 0 Å². The molecule has 3 heterocycles. The van der Waals surface area contributed by atoms with Crippen LogP contribution in [0.15, 0.2) is 51.3 Å². The monoisotopic (exact) mass is 347 g/mol. The number of benzene rings is 1. The molecule has 0 saturated carbocycles. The quantitative estimate of drug-likeness (QED) is 0.533. The van der Waals surface area contributed by atoms with Crippen molar-refractivity contribution in [3.8, 4) is 23.2 Å². The number of alkyl halides is 3. The summed E-state index contributed by atoms with van der Waals surface area (Å²) in [6, 6.07) is 11.8. The minimum atomic E-state index is -4.38. The lowest BCUT2D eigenvalue weighted by atomic mass is 10.2. The number of hydrogen-bond donors (Lipinski definition) is 0. The van der Waals surface area contributed by atoms with Crippen LogP contribution in [0.25, 0.3) is 34.1 Å². The molecule has 25 heavy (non-hydrogen) atoms. The van der Waals surface area contributed by atoms with Crippen LogP contribution in [0.4, 0.5) is 13.2 Å². The summed E-state index contributed by atoms with van der Waals surface area (Å²) < 4.78 is 51.1. The van der Waals surface area contributed by atoms with E-state index >= 15 is 0 Å². The van der Waals surface area contributed by atoms with Gasteiger partial charge in [-0.3, -0.25) is 0 Å². The standard InChI is InChI=1S/C17H12F3N3O2/c1-10-6-7-14(24-10)16-22-21-15(25-16)13-8-11-4-2-3-5-12(11)23(13)9-17(18,19)20/h2-8H,9H2,1H3. The molecule has 5 nitrogen and oxygen atoms in total. The molecule has 3 aromatic heterocycles. The van der Waals surface area contributed by atoms with Gasteiger partial charge in [0.1, 0.15) is 18.0 Å². The third-order valence-corrected chi connectivity index (χ3v) is 3.74. The summed E-state index contributed by atoms with van der Waals surface area (Å²) >= 11 is 0. The largest absolute Gasteiger partial charge is 0.456 e. The Labute approximate surface area is 139 Å². The van der Waals surface area contributed by atoms with Crippen molar-refractivity contribution in [3.63, 3.8) is 0 Å². The molecule has 0 spiro atoms. The molecule has 0 aliphatic carbocycles. The van der Waals surface area contributed by atoms with Crippen molar-refractivity contribution in [2.75, 3.05) is 0 Å². The molecule has 0 radical (unpaired) electrons. The first-order chi connectivity index (χ1) is 11.9. The molecule has 4 aromatic rings. The lowest BCUT2D eigenvalue weighted by molar-refractivity contribution is -0.139. The zero-order valence-electron chi connectivity index (χ0n) is 13.0. The van der Waals surface area contributed by atoms with Gasteiger partial charge in [-0.2, -0.15) is 13.2 Å². The summed E-state index contributed by atoms with van der Waals surface area (Å²) in [5, 5.41) is 8.43. The van der Waals surface area contributed by atoms with Crippen molar-refractivity contribution in [2.45, 2.75) is 19.6 Å². The number of para-hydroxylation sites is 1. The Hall–Kier alpha value is -3.03. The number of fused-ring (bicyclic) bond motifs is 1. The van der Waals surface area contributed by atoms with Gasteiger partial charge in [-0.1, -0.05) is 18.2 Å². The highest BCUT2D eigenvalue weighted by molar-refractivity contribution is 5.85. The lowest BCUT2D eigenvalue weighted by Crippen LogP contribution is -2.18. The first-order valence-corrected chi connectivity index (χ1v) is 7.46. The Morgan fingerprint density at radius 2 is 1.76 bits per heavy atom. The second kappa shape index (κ2) is 5.51. The van der Waals surface area contributed by atoms with Crippen LogP contribution in [-0.2, 0) is 6.54 Å². The lowest BCUT2D eigenvalue weighted by Gasteiger charge is -2.11. The molecule has 0 unspecified atom stereocenters. The second-order valence-electron chi connectivity index (χ2n) is 5.61. The fourth-order valence-electron chi connectivity index (χ4n) is 2.71. The zero-order chi connectivity index (χ0) is 17.6. The van der Waals surface area contributed by atoms with E-state index in [1.54, 1.807) is 49.4 Å². The van der Waals surface area contributed by atoms with Crippen LogP contribution in [0, 0.1) is 6.92 Å². The highest BCUT2D eigenvalue weighted by Crippen LogP contribution is 2.32. The van der Waals surface area contributed by atoms with Crippen LogP contribution >= 0.6 is 0 Å². The average molecular weight is 347 g/mol. The van der Waals surface area contributed by atoms with E-state index < -0.39 is 12.7 Å². The molecule has 0 aliphatic rings. The van der Waals surface area contributed by atoms with Crippen molar-refractivity contribution in [3.05, 3.63) is 48.2 Å². The van der Waals surface area contributed by atoms with E-state index in [-0.39, 0.29) is 17.5 Å². The number of aryl methyl sites for hydroxylation is 1. The first-order valence-electron chi connectivity index (χ1n) is 7.46. The molecule has 0 saturated heterocycles. The predicted octanol–water partition coefficient (Wildman–Crippen LogP) is 4.82. The van der Waals surface area contributed by atoms with Crippen molar-refractivity contribution in [1.29, 1.82) is 0 Å². The Kier molecular flexibility index (Phi) is 3.41. The highest BCUT2D eigenvalue weighted by atomic mass is 19.4. The Balaban J connectivity index is 1.83. The number of furan rings is 1. The maximum absolute atomic E-state index is 13.0. The summed E-state index contributed by atoms with van der Waals surface area (Å²) in [7, 11) is 0. The maximum atomic E-state index is 13.0. The highest BCUT2D eigenvalue weighted by Gasteiger charge is 2.31. The number of hydrogen-bond acceptors (Lipinski definition) is 4. The summed E-state index contributed by atoms with van der Waals surface area (Å²) in [4.78, 5) is 0. The summed E-state index contributed by atoms with van der Waals surface area (Å²) in [6.45, 7) is 0.620. The molecule has 0 fully saturated rings. The van der Waals surface area contributed by atoms with Crippen LogP contribution in [0.1, 0.15) is 5.76 Å². The molecule has 0 N–H and O–H groups in total. The molecular weight excluding hydrogens is 335 g/mol. The van der Waals surface area contributed by atoms with Gasteiger partial charge in [-0.25, -0.2) is 0 Å². The van der Waals surface area contributed by atoms with E-state index in [1.807, 2.05) is 0 Å². The molecular formula is C17H12F3N3O2. The summed E-state index contributed by atoms with van der Waals surface area (Å²) in [6.07, 6.45) is -4.38. The minimum absolute atomic E-state index is 0.00417. The van der Waals surface area contributed by atoms with E-state index in [0.717, 1.165) is 4.57 Å². The SMILES string of the molecule is Cc1ccc(-c2nnc(-c3cc4ccccc4n3CC(F)(F)F)o2)o1. The van der Waals surface area contributed by atoms with Crippen molar-refractivity contribution in [2.24, 2.45) is 0 Å². The van der Waals surface area contributed by atoms with E-state index in [9.17, 15) is 13.2 Å². The van der Waals surface area contributed by atoms with Gasteiger partial charge in [0.15, 0.2) is 5.76 Å². The molecule has 0 aliphatic heterocycles. The van der Waals surface area contributed by atoms with Gasteiger partial charge < -0.3 is 13.4 Å². The van der Waals surface area contributed by atoms with Crippen LogP contribution in [0.5, 0.6) is 0 Å². The molecule has 0 bridgehead atoms. The van der Waals surface area contributed by atoms with Crippen molar-refractivity contribution >= 4 is 10.9 Å². The van der Waals surface area contributed by atoms with Crippen molar-refractivity contribution in [1.82, 2.24) is 14.8 Å². The number of halogens is 3. The molecule has 8 heteroatoms. The fourth-order valence-corrected chi connectivity index (χ4v) is 2.71. The summed E-state index contributed by atoms with van der Waals surface area (Å²) in [5.41, 5.74) is 0.656. The van der Waals surface area contributed by atoms with Crippen molar-refractivity contribution < 1.29 is 22.0 Å². The van der Waals surface area contributed by atoms with Gasteiger partial charge in [0.25, 0.3) is 11.8 Å². The topological polar surface area (TPSA) is 57.0 Å². The van der Waals surface area contributed by atoms with Crippen LogP contribution in [-0.4, -0.2) is 20.9 Å². The van der Waals surface area contributed by atoms with Gasteiger partial charge in [-0.15, -0.1) is 10.2 Å². The molecule has 1 aromatic carbocycles. The van der Waals surface area contributed by atoms with Gasteiger partial charge in [0.2, 0.25) is 0 Å². The Morgan fingerprint density at radius 1 is 1.00 bits per heavy atom. The average Bonchev–Trinajstić information content (AvgIpc) is 3.24. The Bertz CT molecular complexity index is 1040. The number of nitrogens with zero attached hydrogens (tertiary/aromatic N) is 3. The van der Waals surface area contributed by atoms with Crippen LogP contribution in [0.2, 0.25) is 0 Å². The van der Waals surface area contributed by atoms with Crippen LogP contribution < -0.4 is 0 Å². The maximum Gasteiger partial charge on any atom is 0.406 e. The van der Waals surface area contributed by atoms with E-state index in [0.29, 0.717) is 22.4 Å². The smallest absolute Gasteiger partial charge is 0.406 e. The molecule has 128 valence electrons.